The first-order valence-electron chi connectivity index (χ1n) is 9.20. The molecule has 26 heavy (non-hydrogen) atoms. The number of aryl methyl sites for hydroxylation is 1. The second-order valence-electron chi connectivity index (χ2n) is 6.50. The summed E-state index contributed by atoms with van der Waals surface area (Å²) in [6, 6.07) is 19.0. The fourth-order valence-electron chi connectivity index (χ4n) is 3.36. The van der Waals surface area contributed by atoms with Crippen LogP contribution in [0, 0.1) is 6.92 Å². The van der Waals surface area contributed by atoms with Crippen LogP contribution < -0.4 is 9.80 Å². The van der Waals surface area contributed by atoms with Crippen molar-refractivity contribution >= 4 is 11.4 Å². The van der Waals surface area contributed by atoms with Gasteiger partial charge in [0, 0.05) is 37.9 Å². The molecule has 0 atom stereocenters. The first kappa shape index (κ1) is 18.1. The highest BCUT2D eigenvalue weighted by Crippen LogP contribution is 2.33. The van der Waals surface area contributed by atoms with E-state index in [2.05, 4.69) is 72.2 Å². The van der Waals surface area contributed by atoms with Gasteiger partial charge < -0.3 is 14.3 Å². The van der Waals surface area contributed by atoms with Crippen molar-refractivity contribution < 1.29 is 4.52 Å². The molecule has 2 aromatic carbocycles. The second-order valence-corrected chi connectivity index (χ2v) is 6.50. The molecule has 0 saturated carbocycles. The van der Waals surface area contributed by atoms with Gasteiger partial charge in [0.05, 0.1) is 0 Å². The molecule has 0 unspecified atom stereocenters. The molecule has 0 aliphatic heterocycles. The number of nitrogens with zero attached hydrogens (tertiary/aromatic N) is 3. The minimum absolute atomic E-state index is 0.806. The number of anilines is 2. The Morgan fingerprint density at radius 1 is 0.923 bits per heavy atom. The van der Waals surface area contributed by atoms with E-state index < -0.39 is 0 Å². The lowest BCUT2D eigenvalue weighted by Crippen LogP contribution is -2.22. The van der Waals surface area contributed by atoms with Gasteiger partial charge in [-0.25, -0.2) is 0 Å². The molecule has 0 amide bonds. The molecule has 0 N–H and O–H groups in total. The predicted molar refractivity (Wildman–Crippen MR) is 109 cm³/mol. The number of rotatable bonds is 7. The molecule has 0 radical (unpaired) electrons. The molecule has 0 fully saturated rings. The Kier molecular flexibility index (Phi) is 5.61. The van der Waals surface area contributed by atoms with Crippen molar-refractivity contribution in [2.45, 2.75) is 27.3 Å². The minimum Gasteiger partial charge on any atom is -0.372 e. The molecule has 3 aromatic rings. The molecule has 3 rings (SSSR count). The zero-order valence-electron chi connectivity index (χ0n) is 16.1. The highest BCUT2D eigenvalue weighted by atomic mass is 16.5. The Morgan fingerprint density at radius 3 is 2.19 bits per heavy atom. The molecule has 4 heteroatoms. The summed E-state index contributed by atoms with van der Waals surface area (Å²) in [6.45, 7) is 9.19. The van der Waals surface area contributed by atoms with E-state index in [0.29, 0.717) is 0 Å². The van der Waals surface area contributed by atoms with E-state index in [1.807, 2.05) is 25.1 Å². The lowest BCUT2D eigenvalue weighted by atomic mass is 10.1. The number of hydrogen-bond acceptors (Lipinski definition) is 4. The van der Waals surface area contributed by atoms with Gasteiger partial charge in [-0.1, -0.05) is 47.6 Å². The van der Waals surface area contributed by atoms with Crippen molar-refractivity contribution in [2.75, 3.05) is 29.9 Å². The highest BCUT2D eigenvalue weighted by molar-refractivity contribution is 5.76. The zero-order valence-corrected chi connectivity index (χ0v) is 16.1. The van der Waals surface area contributed by atoms with E-state index in [9.17, 15) is 0 Å². The van der Waals surface area contributed by atoms with Crippen LogP contribution in [0.2, 0.25) is 0 Å². The zero-order chi connectivity index (χ0) is 18.5. The van der Waals surface area contributed by atoms with Crippen LogP contribution in [0.5, 0.6) is 0 Å². The van der Waals surface area contributed by atoms with Gasteiger partial charge in [0.2, 0.25) is 0 Å². The van der Waals surface area contributed by atoms with Crippen molar-refractivity contribution in [3.8, 4) is 11.3 Å². The van der Waals surface area contributed by atoms with Gasteiger partial charge in [0.1, 0.15) is 11.4 Å². The Labute approximate surface area is 156 Å². The van der Waals surface area contributed by atoms with Gasteiger partial charge in [-0.05, 0) is 38.5 Å². The van der Waals surface area contributed by atoms with Crippen molar-refractivity contribution in [3.05, 3.63) is 65.9 Å². The number of hydrogen-bond donors (Lipinski definition) is 0. The molecule has 1 heterocycles. The molecule has 0 bridgehead atoms. The molecular formula is C22H27N3O. The maximum atomic E-state index is 5.49. The Bertz CT molecular complexity index is 820. The predicted octanol–water partition coefficient (Wildman–Crippen LogP) is 5.13. The van der Waals surface area contributed by atoms with Gasteiger partial charge in [0.15, 0.2) is 5.76 Å². The molecule has 0 aliphatic rings. The Morgan fingerprint density at radius 2 is 1.58 bits per heavy atom. The molecule has 1 aromatic heterocycles. The van der Waals surface area contributed by atoms with Crippen LogP contribution in [0.4, 0.5) is 11.4 Å². The molecule has 0 saturated heterocycles. The summed E-state index contributed by atoms with van der Waals surface area (Å²) in [5.74, 6) is 0.839. The van der Waals surface area contributed by atoms with Gasteiger partial charge in [-0.2, -0.15) is 0 Å². The quantitative estimate of drug-likeness (QED) is 0.592. The standard InChI is InChI=1S/C22H27N3O/c1-5-25(6-2)20-14-12-18(13-15-20)16-24(4)22-17(3)26-23-21(22)19-10-8-7-9-11-19/h7-15H,5-6,16H2,1-4H3. The molecular weight excluding hydrogens is 322 g/mol. The summed E-state index contributed by atoms with van der Waals surface area (Å²) in [5.41, 5.74) is 5.55. The van der Waals surface area contributed by atoms with E-state index in [0.717, 1.165) is 42.3 Å². The topological polar surface area (TPSA) is 32.5 Å². The van der Waals surface area contributed by atoms with Crippen LogP contribution in [0.3, 0.4) is 0 Å². The van der Waals surface area contributed by atoms with Gasteiger partial charge in [-0.3, -0.25) is 0 Å². The van der Waals surface area contributed by atoms with Crippen LogP contribution >= 0.6 is 0 Å². The maximum Gasteiger partial charge on any atom is 0.157 e. The van der Waals surface area contributed by atoms with E-state index in [-0.39, 0.29) is 0 Å². The van der Waals surface area contributed by atoms with Crippen LogP contribution in [0.15, 0.2) is 59.1 Å². The first-order chi connectivity index (χ1) is 12.6. The average molecular weight is 349 g/mol. The lowest BCUT2D eigenvalue weighted by molar-refractivity contribution is 0.399. The van der Waals surface area contributed by atoms with Crippen LogP contribution in [0.25, 0.3) is 11.3 Å². The summed E-state index contributed by atoms with van der Waals surface area (Å²) in [5, 5.41) is 4.28. The fourth-order valence-corrected chi connectivity index (χ4v) is 3.36. The average Bonchev–Trinajstić information content (AvgIpc) is 3.06. The van der Waals surface area contributed by atoms with Crippen molar-refractivity contribution in [1.82, 2.24) is 5.16 Å². The van der Waals surface area contributed by atoms with E-state index in [1.165, 1.54) is 11.3 Å². The van der Waals surface area contributed by atoms with Crippen molar-refractivity contribution in [1.29, 1.82) is 0 Å². The second kappa shape index (κ2) is 8.09. The summed E-state index contributed by atoms with van der Waals surface area (Å²) >= 11 is 0. The molecule has 4 nitrogen and oxygen atoms in total. The lowest BCUT2D eigenvalue weighted by Gasteiger charge is -2.22. The highest BCUT2D eigenvalue weighted by Gasteiger charge is 2.18. The molecule has 0 aliphatic carbocycles. The van der Waals surface area contributed by atoms with Crippen LogP contribution in [-0.4, -0.2) is 25.3 Å². The van der Waals surface area contributed by atoms with Gasteiger partial charge in [0.25, 0.3) is 0 Å². The van der Waals surface area contributed by atoms with Crippen LogP contribution in [-0.2, 0) is 6.54 Å². The fraction of sp³-hybridized carbons (Fsp3) is 0.318. The SMILES string of the molecule is CCN(CC)c1ccc(CN(C)c2c(-c3ccccc3)noc2C)cc1. The van der Waals surface area contributed by atoms with E-state index in [4.69, 9.17) is 4.52 Å². The van der Waals surface area contributed by atoms with Gasteiger partial charge >= 0.3 is 0 Å². The Hall–Kier alpha value is -2.75. The summed E-state index contributed by atoms with van der Waals surface area (Å²) in [7, 11) is 2.09. The van der Waals surface area contributed by atoms with Crippen LogP contribution in [0.1, 0.15) is 25.2 Å². The van der Waals surface area contributed by atoms with Gasteiger partial charge in [-0.15, -0.1) is 0 Å². The number of aromatic nitrogens is 1. The van der Waals surface area contributed by atoms with Crippen molar-refractivity contribution in [3.63, 3.8) is 0 Å². The normalized spacial score (nSPS) is 10.8. The van der Waals surface area contributed by atoms with E-state index in [1.54, 1.807) is 0 Å². The third kappa shape index (κ3) is 3.74. The summed E-state index contributed by atoms with van der Waals surface area (Å²) in [4.78, 5) is 4.56. The maximum absolute atomic E-state index is 5.49. The first-order valence-corrected chi connectivity index (χ1v) is 9.20. The third-order valence-electron chi connectivity index (χ3n) is 4.75. The van der Waals surface area contributed by atoms with E-state index >= 15 is 0 Å². The Balaban J connectivity index is 1.81. The summed E-state index contributed by atoms with van der Waals surface area (Å²) < 4.78 is 5.49. The third-order valence-corrected chi connectivity index (χ3v) is 4.75. The minimum atomic E-state index is 0.806. The molecule has 0 spiro atoms. The van der Waals surface area contributed by atoms with Crippen molar-refractivity contribution in [2.24, 2.45) is 0 Å². The summed E-state index contributed by atoms with van der Waals surface area (Å²) in [6.07, 6.45) is 0. The largest absolute Gasteiger partial charge is 0.372 e. The monoisotopic (exact) mass is 349 g/mol. The smallest absolute Gasteiger partial charge is 0.157 e. The number of benzene rings is 2. The molecule has 136 valence electrons.